The number of hydrogen-bond acceptors (Lipinski definition) is 5. The molecule has 1 aromatic heterocycles. The Balaban J connectivity index is 2.28. The predicted molar refractivity (Wildman–Crippen MR) is 73.5 cm³/mol. The maximum atomic E-state index is 11.5. The first kappa shape index (κ1) is 13.2. The van der Waals surface area contributed by atoms with E-state index in [0.29, 0.717) is 16.3 Å². The second-order valence-electron chi connectivity index (χ2n) is 4.57. The fourth-order valence-corrected chi connectivity index (χ4v) is 3.01. The van der Waals surface area contributed by atoms with Crippen molar-refractivity contribution in [1.29, 1.82) is 0 Å². The van der Waals surface area contributed by atoms with Gasteiger partial charge in [-0.3, -0.25) is 0 Å². The van der Waals surface area contributed by atoms with Crippen LogP contribution >= 0.6 is 11.6 Å². The predicted octanol–water partition coefficient (Wildman–Crippen LogP) is 1.84. The number of carbonyl (C=O) groups excluding carboxylic acids is 1. The molecule has 0 spiro atoms. The van der Waals surface area contributed by atoms with E-state index < -0.39 is 15.8 Å². The van der Waals surface area contributed by atoms with Crippen molar-refractivity contribution >= 4 is 27.7 Å². The standard InChI is InChI=1S/C13H9ClN2O3S/c1-20(18,19)13-15-5-10-8-3-2-7(14)4-9(8)11(6-17)12(10)16-13/h2-6,11H,1H3. The van der Waals surface area contributed by atoms with Crippen LogP contribution in [0.25, 0.3) is 11.1 Å². The molecule has 1 atom stereocenters. The van der Waals surface area contributed by atoms with Gasteiger partial charge in [0.15, 0.2) is 0 Å². The van der Waals surface area contributed by atoms with Crippen molar-refractivity contribution in [3.05, 3.63) is 40.7 Å². The van der Waals surface area contributed by atoms with E-state index in [2.05, 4.69) is 9.97 Å². The molecule has 102 valence electrons. The number of fused-ring (bicyclic) bond motifs is 3. The second-order valence-corrected chi connectivity index (χ2v) is 6.91. The minimum Gasteiger partial charge on any atom is -0.302 e. The van der Waals surface area contributed by atoms with Crippen molar-refractivity contribution in [1.82, 2.24) is 9.97 Å². The molecule has 0 bridgehead atoms. The number of carbonyl (C=O) groups is 1. The van der Waals surface area contributed by atoms with E-state index >= 15 is 0 Å². The fraction of sp³-hybridized carbons (Fsp3) is 0.154. The molecule has 1 aliphatic rings. The van der Waals surface area contributed by atoms with Crippen molar-refractivity contribution in [3.8, 4) is 11.1 Å². The number of halogens is 1. The van der Waals surface area contributed by atoms with E-state index in [1.165, 1.54) is 6.20 Å². The number of hydrogen-bond donors (Lipinski definition) is 0. The van der Waals surface area contributed by atoms with E-state index in [9.17, 15) is 13.2 Å². The van der Waals surface area contributed by atoms with Gasteiger partial charge in [-0.2, -0.15) is 0 Å². The van der Waals surface area contributed by atoms with Crippen molar-refractivity contribution in [3.63, 3.8) is 0 Å². The van der Waals surface area contributed by atoms with Crippen molar-refractivity contribution < 1.29 is 13.2 Å². The van der Waals surface area contributed by atoms with E-state index in [0.717, 1.165) is 23.7 Å². The summed E-state index contributed by atoms with van der Waals surface area (Å²) in [5.41, 5.74) is 2.61. The van der Waals surface area contributed by atoms with Crippen LogP contribution in [0.3, 0.4) is 0 Å². The molecule has 0 aliphatic heterocycles. The molecule has 0 saturated carbocycles. The zero-order chi connectivity index (χ0) is 14.5. The zero-order valence-electron chi connectivity index (χ0n) is 10.4. The van der Waals surface area contributed by atoms with E-state index in [-0.39, 0.29) is 5.16 Å². The first-order valence-corrected chi connectivity index (χ1v) is 8.01. The molecular formula is C13H9ClN2O3S. The molecule has 0 fully saturated rings. The lowest BCUT2D eigenvalue weighted by atomic mass is 10.0. The van der Waals surface area contributed by atoms with Gasteiger partial charge in [-0.05, 0) is 23.3 Å². The first-order valence-electron chi connectivity index (χ1n) is 5.74. The third-order valence-corrected chi connectivity index (χ3v) is 4.29. The summed E-state index contributed by atoms with van der Waals surface area (Å²) in [5.74, 6) is -0.609. The molecule has 0 saturated heterocycles. The maximum Gasteiger partial charge on any atom is 0.247 e. The van der Waals surface area contributed by atoms with Crippen LogP contribution in [0.15, 0.2) is 29.6 Å². The van der Waals surface area contributed by atoms with Crippen molar-refractivity contribution in [2.75, 3.05) is 6.26 Å². The second kappa shape index (κ2) is 4.36. The maximum absolute atomic E-state index is 11.5. The smallest absolute Gasteiger partial charge is 0.247 e. The highest BCUT2D eigenvalue weighted by Crippen LogP contribution is 2.43. The molecular weight excluding hydrogens is 300 g/mol. The SMILES string of the molecule is CS(=O)(=O)c1ncc2c(n1)C(C=O)c1cc(Cl)ccc1-2. The average molecular weight is 309 g/mol. The largest absolute Gasteiger partial charge is 0.302 e. The van der Waals surface area contributed by atoms with Gasteiger partial charge in [0.25, 0.3) is 0 Å². The van der Waals surface area contributed by atoms with Crippen LogP contribution in [-0.2, 0) is 14.6 Å². The van der Waals surface area contributed by atoms with Crippen LogP contribution in [0.5, 0.6) is 0 Å². The summed E-state index contributed by atoms with van der Waals surface area (Å²) in [6, 6.07) is 5.18. The molecule has 5 nitrogen and oxygen atoms in total. The van der Waals surface area contributed by atoms with Crippen LogP contribution < -0.4 is 0 Å². The summed E-state index contributed by atoms with van der Waals surface area (Å²) in [4.78, 5) is 19.3. The molecule has 0 amide bonds. The summed E-state index contributed by atoms with van der Waals surface area (Å²) in [6.07, 6.45) is 3.21. The van der Waals surface area contributed by atoms with Gasteiger partial charge >= 0.3 is 0 Å². The van der Waals surface area contributed by atoms with Gasteiger partial charge in [0.2, 0.25) is 15.0 Å². The molecule has 20 heavy (non-hydrogen) atoms. The summed E-state index contributed by atoms with van der Waals surface area (Å²) in [5, 5.41) is 0.238. The van der Waals surface area contributed by atoms with Crippen LogP contribution in [0.1, 0.15) is 17.2 Å². The molecule has 1 aromatic carbocycles. The van der Waals surface area contributed by atoms with Gasteiger partial charge in [-0.25, -0.2) is 18.4 Å². The molecule has 0 radical (unpaired) electrons. The highest BCUT2D eigenvalue weighted by molar-refractivity contribution is 7.90. The molecule has 1 unspecified atom stereocenters. The molecule has 2 aromatic rings. The number of nitrogens with zero attached hydrogens (tertiary/aromatic N) is 2. The Morgan fingerprint density at radius 1 is 1.30 bits per heavy atom. The topological polar surface area (TPSA) is 77.0 Å². The van der Waals surface area contributed by atoms with Crippen molar-refractivity contribution in [2.24, 2.45) is 0 Å². The van der Waals surface area contributed by atoms with E-state index in [1.54, 1.807) is 18.2 Å². The highest BCUT2D eigenvalue weighted by atomic mass is 35.5. The monoisotopic (exact) mass is 308 g/mol. The lowest BCUT2D eigenvalue weighted by molar-refractivity contribution is -0.108. The Hall–Kier alpha value is -1.79. The Labute approximate surface area is 120 Å². The van der Waals surface area contributed by atoms with Crippen LogP contribution in [0.4, 0.5) is 0 Å². The first-order chi connectivity index (χ1) is 9.41. The number of rotatable bonds is 2. The average Bonchev–Trinajstić information content (AvgIpc) is 2.69. The van der Waals surface area contributed by atoms with Crippen LogP contribution in [0.2, 0.25) is 5.02 Å². The summed E-state index contributed by atoms with van der Waals surface area (Å²) in [6.45, 7) is 0. The van der Waals surface area contributed by atoms with Gasteiger partial charge in [0.05, 0.1) is 11.6 Å². The molecule has 3 rings (SSSR count). The number of sulfone groups is 1. The Bertz CT molecular complexity index is 834. The third kappa shape index (κ3) is 1.92. The number of benzene rings is 1. The van der Waals surface area contributed by atoms with Crippen LogP contribution in [-0.4, -0.2) is 30.9 Å². The summed E-state index contributed by atoms with van der Waals surface area (Å²) >= 11 is 5.94. The Morgan fingerprint density at radius 2 is 2.05 bits per heavy atom. The number of aromatic nitrogens is 2. The molecule has 1 aliphatic carbocycles. The van der Waals surface area contributed by atoms with Gasteiger partial charge in [0, 0.05) is 23.0 Å². The highest BCUT2D eigenvalue weighted by Gasteiger charge is 2.31. The van der Waals surface area contributed by atoms with Crippen LogP contribution in [0, 0.1) is 0 Å². The summed E-state index contributed by atoms with van der Waals surface area (Å²) in [7, 11) is -3.52. The number of aldehydes is 1. The lowest BCUT2D eigenvalue weighted by Crippen LogP contribution is -2.08. The summed E-state index contributed by atoms with van der Waals surface area (Å²) < 4.78 is 23.0. The lowest BCUT2D eigenvalue weighted by Gasteiger charge is -2.05. The van der Waals surface area contributed by atoms with Gasteiger partial charge in [-0.1, -0.05) is 17.7 Å². The molecule has 7 heteroatoms. The fourth-order valence-electron chi connectivity index (χ4n) is 2.32. The van der Waals surface area contributed by atoms with Gasteiger partial charge in [0.1, 0.15) is 6.29 Å². The quantitative estimate of drug-likeness (QED) is 0.625. The Morgan fingerprint density at radius 3 is 2.70 bits per heavy atom. The minimum absolute atomic E-state index is 0.276. The van der Waals surface area contributed by atoms with Crippen molar-refractivity contribution in [2.45, 2.75) is 11.1 Å². The normalized spacial score (nSPS) is 16.6. The molecule has 1 heterocycles. The molecule has 0 N–H and O–H groups in total. The third-order valence-electron chi connectivity index (χ3n) is 3.20. The van der Waals surface area contributed by atoms with E-state index in [1.807, 2.05) is 0 Å². The van der Waals surface area contributed by atoms with Gasteiger partial charge in [-0.15, -0.1) is 0 Å². The van der Waals surface area contributed by atoms with E-state index in [4.69, 9.17) is 11.6 Å². The van der Waals surface area contributed by atoms with Gasteiger partial charge < -0.3 is 4.79 Å². The Kier molecular flexibility index (Phi) is 2.88. The zero-order valence-corrected chi connectivity index (χ0v) is 11.9. The minimum atomic E-state index is -3.52.